The molecule has 0 atom stereocenters. The quantitative estimate of drug-likeness (QED) is 0.650. The standard InChI is InChI=1S/C23H27N5O4/c1-23(2,3)32-22(30)27-13-10-18(11-14-27)28-12-4-5-19(28)20(29)25-17-8-6-16(7-9-17)21-26-24-15-31-21/h4-9,12,15,18H,10-11,13-14H2,1-3H3,(H,25,29). The zero-order valence-electron chi connectivity index (χ0n) is 18.4. The summed E-state index contributed by atoms with van der Waals surface area (Å²) in [4.78, 5) is 27.0. The number of nitrogens with one attached hydrogen (secondary N) is 1. The minimum Gasteiger partial charge on any atom is -0.444 e. The highest BCUT2D eigenvalue weighted by atomic mass is 16.6. The van der Waals surface area contributed by atoms with E-state index >= 15 is 0 Å². The molecule has 0 bridgehead atoms. The molecule has 168 valence electrons. The normalized spacial score (nSPS) is 14.9. The highest BCUT2D eigenvalue weighted by Gasteiger charge is 2.28. The van der Waals surface area contributed by atoms with Gasteiger partial charge in [-0.05, 0) is 70.0 Å². The van der Waals surface area contributed by atoms with Crippen molar-refractivity contribution in [2.24, 2.45) is 0 Å². The molecule has 3 heterocycles. The summed E-state index contributed by atoms with van der Waals surface area (Å²) in [6.07, 6.45) is 4.42. The molecule has 4 rings (SSSR count). The number of ether oxygens (including phenoxy) is 1. The highest BCUT2D eigenvalue weighted by molar-refractivity contribution is 6.03. The van der Waals surface area contributed by atoms with Gasteiger partial charge in [-0.1, -0.05) is 0 Å². The first kappa shape index (κ1) is 21.6. The van der Waals surface area contributed by atoms with E-state index in [2.05, 4.69) is 15.5 Å². The molecule has 2 amide bonds. The minimum absolute atomic E-state index is 0.143. The predicted octanol–water partition coefficient (Wildman–Crippen LogP) is 4.36. The van der Waals surface area contributed by atoms with Crippen molar-refractivity contribution in [3.63, 3.8) is 0 Å². The molecule has 9 nitrogen and oxygen atoms in total. The van der Waals surface area contributed by atoms with Crippen LogP contribution in [0.15, 0.2) is 53.4 Å². The average Bonchev–Trinajstić information content (AvgIpc) is 3.45. The Balaban J connectivity index is 1.37. The van der Waals surface area contributed by atoms with Crippen molar-refractivity contribution in [3.05, 3.63) is 54.7 Å². The van der Waals surface area contributed by atoms with Crippen molar-refractivity contribution < 1.29 is 18.7 Å². The van der Waals surface area contributed by atoms with Crippen molar-refractivity contribution in [3.8, 4) is 11.5 Å². The molecule has 9 heteroatoms. The van der Waals surface area contributed by atoms with Crippen LogP contribution in [0.2, 0.25) is 0 Å². The van der Waals surface area contributed by atoms with Crippen LogP contribution in [0, 0.1) is 0 Å². The Morgan fingerprint density at radius 3 is 2.47 bits per heavy atom. The van der Waals surface area contributed by atoms with E-state index in [0.29, 0.717) is 30.4 Å². The summed E-state index contributed by atoms with van der Waals surface area (Å²) in [6, 6.07) is 11.0. The molecule has 32 heavy (non-hydrogen) atoms. The van der Waals surface area contributed by atoms with Gasteiger partial charge in [0.1, 0.15) is 11.3 Å². The van der Waals surface area contributed by atoms with E-state index in [0.717, 1.165) is 18.4 Å². The van der Waals surface area contributed by atoms with Gasteiger partial charge in [0.2, 0.25) is 12.3 Å². The summed E-state index contributed by atoms with van der Waals surface area (Å²) in [6.45, 7) is 6.77. The number of rotatable bonds is 4. The van der Waals surface area contributed by atoms with E-state index in [1.54, 1.807) is 17.0 Å². The number of anilines is 1. The minimum atomic E-state index is -0.511. The molecule has 1 aliphatic rings. The van der Waals surface area contributed by atoms with Crippen LogP contribution in [0.5, 0.6) is 0 Å². The molecule has 1 aliphatic heterocycles. The van der Waals surface area contributed by atoms with Gasteiger partial charge in [0.15, 0.2) is 0 Å². The summed E-state index contributed by atoms with van der Waals surface area (Å²) in [7, 11) is 0. The molecule has 0 unspecified atom stereocenters. The van der Waals surface area contributed by atoms with Crippen LogP contribution in [0.25, 0.3) is 11.5 Å². The van der Waals surface area contributed by atoms with E-state index < -0.39 is 5.60 Å². The zero-order valence-corrected chi connectivity index (χ0v) is 18.4. The molecule has 0 radical (unpaired) electrons. The number of hydrogen-bond donors (Lipinski definition) is 1. The highest BCUT2D eigenvalue weighted by Crippen LogP contribution is 2.26. The number of hydrogen-bond acceptors (Lipinski definition) is 6. The second-order valence-electron chi connectivity index (χ2n) is 8.77. The average molecular weight is 438 g/mol. The van der Waals surface area contributed by atoms with E-state index in [9.17, 15) is 9.59 Å². The Kier molecular flexibility index (Phi) is 5.98. The second kappa shape index (κ2) is 8.86. The fourth-order valence-electron chi connectivity index (χ4n) is 3.75. The van der Waals surface area contributed by atoms with Crippen molar-refractivity contribution in [2.45, 2.75) is 45.3 Å². The summed E-state index contributed by atoms with van der Waals surface area (Å²) in [5.74, 6) is 0.240. The lowest BCUT2D eigenvalue weighted by Crippen LogP contribution is -2.42. The predicted molar refractivity (Wildman–Crippen MR) is 118 cm³/mol. The van der Waals surface area contributed by atoms with Crippen LogP contribution < -0.4 is 5.32 Å². The van der Waals surface area contributed by atoms with E-state index in [-0.39, 0.29) is 18.0 Å². The molecule has 0 spiro atoms. The number of piperidine rings is 1. The first-order valence-electron chi connectivity index (χ1n) is 10.6. The van der Waals surface area contributed by atoms with Crippen molar-refractivity contribution >= 4 is 17.7 Å². The largest absolute Gasteiger partial charge is 0.444 e. The fourth-order valence-corrected chi connectivity index (χ4v) is 3.75. The third kappa shape index (κ3) is 4.99. The van der Waals surface area contributed by atoms with Gasteiger partial charge in [-0.3, -0.25) is 4.79 Å². The summed E-state index contributed by atoms with van der Waals surface area (Å²) in [5, 5.41) is 10.5. The maximum absolute atomic E-state index is 12.9. The lowest BCUT2D eigenvalue weighted by molar-refractivity contribution is 0.0187. The zero-order chi connectivity index (χ0) is 22.7. The molecule has 2 aromatic heterocycles. The molecule has 1 fully saturated rings. The maximum atomic E-state index is 12.9. The number of nitrogens with zero attached hydrogens (tertiary/aromatic N) is 4. The Labute approximate surface area is 186 Å². The van der Waals surface area contributed by atoms with Crippen LogP contribution in [0.4, 0.5) is 10.5 Å². The van der Waals surface area contributed by atoms with Crippen LogP contribution in [0.3, 0.4) is 0 Å². The van der Waals surface area contributed by atoms with Gasteiger partial charge in [-0.2, -0.15) is 0 Å². The second-order valence-corrected chi connectivity index (χ2v) is 8.77. The number of carbonyl (C=O) groups excluding carboxylic acids is 2. The Bertz CT molecular complexity index is 1060. The smallest absolute Gasteiger partial charge is 0.410 e. The topological polar surface area (TPSA) is 102 Å². The maximum Gasteiger partial charge on any atom is 0.410 e. The van der Waals surface area contributed by atoms with E-state index in [1.165, 1.54) is 6.39 Å². The number of benzene rings is 1. The molecular formula is C23H27N5O4. The number of likely N-dealkylation sites (tertiary alicyclic amines) is 1. The molecule has 0 saturated carbocycles. The van der Waals surface area contributed by atoms with Gasteiger partial charge >= 0.3 is 6.09 Å². The van der Waals surface area contributed by atoms with E-state index in [4.69, 9.17) is 9.15 Å². The monoisotopic (exact) mass is 437 g/mol. The number of carbonyl (C=O) groups is 2. The van der Waals surface area contributed by atoms with E-state index in [1.807, 2.05) is 55.8 Å². The van der Waals surface area contributed by atoms with Crippen LogP contribution in [-0.4, -0.2) is 50.4 Å². The van der Waals surface area contributed by atoms with Gasteiger partial charge in [0, 0.05) is 36.6 Å². The summed E-state index contributed by atoms with van der Waals surface area (Å²) < 4.78 is 12.6. The first-order chi connectivity index (χ1) is 15.3. The van der Waals surface area contributed by atoms with Crippen molar-refractivity contribution in [1.82, 2.24) is 19.7 Å². The van der Waals surface area contributed by atoms with Gasteiger partial charge in [0.05, 0.1) is 0 Å². The number of aromatic nitrogens is 3. The van der Waals surface area contributed by atoms with Crippen molar-refractivity contribution in [1.29, 1.82) is 0 Å². The Hall–Kier alpha value is -3.62. The van der Waals surface area contributed by atoms with Gasteiger partial charge in [-0.15, -0.1) is 10.2 Å². The fraction of sp³-hybridized carbons (Fsp3) is 0.391. The SMILES string of the molecule is CC(C)(C)OC(=O)N1CCC(n2cccc2C(=O)Nc2ccc(-c3nnco3)cc2)CC1. The molecule has 0 aliphatic carbocycles. The van der Waals surface area contributed by atoms with Gasteiger partial charge in [0.25, 0.3) is 5.91 Å². The number of amides is 2. The molecule has 1 saturated heterocycles. The molecular weight excluding hydrogens is 410 g/mol. The van der Waals surface area contributed by atoms with Crippen molar-refractivity contribution in [2.75, 3.05) is 18.4 Å². The van der Waals surface area contributed by atoms with Crippen LogP contribution in [-0.2, 0) is 4.74 Å². The van der Waals surface area contributed by atoms with Crippen LogP contribution >= 0.6 is 0 Å². The third-order valence-corrected chi connectivity index (χ3v) is 5.27. The van der Waals surface area contributed by atoms with Crippen LogP contribution in [0.1, 0.15) is 50.1 Å². The van der Waals surface area contributed by atoms with Gasteiger partial charge in [-0.25, -0.2) is 4.79 Å². The Morgan fingerprint density at radius 2 is 1.84 bits per heavy atom. The lowest BCUT2D eigenvalue weighted by Gasteiger charge is -2.34. The molecule has 1 N–H and O–H groups in total. The third-order valence-electron chi connectivity index (χ3n) is 5.27. The first-order valence-corrected chi connectivity index (χ1v) is 10.6. The lowest BCUT2D eigenvalue weighted by atomic mass is 10.0. The summed E-state index contributed by atoms with van der Waals surface area (Å²) >= 11 is 0. The van der Waals surface area contributed by atoms with Gasteiger partial charge < -0.3 is 23.9 Å². The Morgan fingerprint density at radius 1 is 1.12 bits per heavy atom. The molecule has 1 aromatic carbocycles. The molecule has 3 aromatic rings. The summed E-state index contributed by atoms with van der Waals surface area (Å²) in [5.41, 5.74) is 1.52.